The van der Waals surface area contributed by atoms with Gasteiger partial charge in [0.15, 0.2) is 0 Å². The predicted octanol–water partition coefficient (Wildman–Crippen LogP) is 2.97. The van der Waals surface area contributed by atoms with Crippen LogP contribution in [0.5, 0.6) is 0 Å². The summed E-state index contributed by atoms with van der Waals surface area (Å²) < 4.78 is 13.8. The summed E-state index contributed by atoms with van der Waals surface area (Å²) in [4.78, 5) is 14.1. The van der Waals surface area contributed by atoms with Crippen molar-refractivity contribution in [3.63, 3.8) is 0 Å². The zero-order chi connectivity index (χ0) is 13.8. The number of halogens is 3. The van der Waals surface area contributed by atoms with Crippen LogP contribution < -0.4 is 5.32 Å². The monoisotopic (exact) mass is 320 g/mol. The molecule has 1 fully saturated rings. The molecule has 1 saturated heterocycles. The highest BCUT2D eigenvalue weighted by atomic mass is 35.5. The Morgan fingerprint density at radius 1 is 1.55 bits per heavy atom. The number of carbonyl (C=O) groups excluding carboxylic acids is 1. The number of nitrogens with one attached hydrogen (secondary N) is 1. The maximum Gasteiger partial charge on any atom is 0.258 e. The number of likely N-dealkylation sites (tertiary alicyclic amines) is 1. The van der Waals surface area contributed by atoms with E-state index in [2.05, 4.69) is 5.32 Å². The van der Waals surface area contributed by atoms with Crippen LogP contribution in [0.15, 0.2) is 18.2 Å². The fraction of sp³-hybridized carbons (Fsp3) is 0.500. The normalized spacial score (nSPS) is 18.6. The molecule has 1 amide bonds. The molecule has 1 atom stereocenters. The highest BCUT2D eigenvalue weighted by Crippen LogP contribution is 2.24. The summed E-state index contributed by atoms with van der Waals surface area (Å²) >= 11 is 5.94. The van der Waals surface area contributed by atoms with Gasteiger partial charge >= 0.3 is 0 Å². The summed E-state index contributed by atoms with van der Waals surface area (Å²) in [6.07, 6.45) is 2.04. The number of benzene rings is 1. The minimum Gasteiger partial charge on any atom is -0.338 e. The summed E-state index contributed by atoms with van der Waals surface area (Å²) in [5.74, 6) is -0.426. The van der Waals surface area contributed by atoms with Crippen molar-refractivity contribution < 1.29 is 9.18 Å². The van der Waals surface area contributed by atoms with Gasteiger partial charge in [0, 0.05) is 13.1 Å². The van der Waals surface area contributed by atoms with Gasteiger partial charge in [-0.25, -0.2) is 4.39 Å². The molecule has 0 aromatic heterocycles. The summed E-state index contributed by atoms with van der Waals surface area (Å²) in [7, 11) is 1.90. The van der Waals surface area contributed by atoms with Crippen molar-refractivity contribution in [1.82, 2.24) is 10.2 Å². The second kappa shape index (κ2) is 7.81. The van der Waals surface area contributed by atoms with Crippen LogP contribution in [0.25, 0.3) is 0 Å². The van der Waals surface area contributed by atoms with Gasteiger partial charge in [0.2, 0.25) is 0 Å². The second-order valence-corrected chi connectivity index (χ2v) is 5.32. The molecule has 1 N–H and O–H groups in total. The van der Waals surface area contributed by atoms with E-state index in [9.17, 15) is 9.18 Å². The number of nitrogens with zero attached hydrogens (tertiary/aromatic N) is 1. The minimum absolute atomic E-state index is 0. The summed E-state index contributed by atoms with van der Waals surface area (Å²) in [5.41, 5.74) is -0.00530. The summed E-state index contributed by atoms with van der Waals surface area (Å²) in [5, 5.41) is 3.30. The Bertz CT molecular complexity index is 448. The van der Waals surface area contributed by atoms with E-state index in [1.165, 1.54) is 12.1 Å². The first kappa shape index (κ1) is 17.2. The van der Waals surface area contributed by atoms with Gasteiger partial charge in [-0.15, -0.1) is 12.4 Å². The first-order chi connectivity index (χ1) is 9.13. The van der Waals surface area contributed by atoms with Gasteiger partial charge in [-0.3, -0.25) is 4.79 Å². The Labute approximate surface area is 129 Å². The van der Waals surface area contributed by atoms with Gasteiger partial charge in [-0.1, -0.05) is 17.7 Å². The number of hydrogen-bond donors (Lipinski definition) is 1. The van der Waals surface area contributed by atoms with Crippen LogP contribution in [0, 0.1) is 11.7 Å². The van der Waals surface area contributed by atoms with Gasteiger partial charge in [-0.2, -0.15) is 0 Å². The second-order valence-electron chi connectivity index (χ2n) is 4.91. The third-order valence-electron chi connectivity index (χ3n) is 3.48. The van der Waals surface area contributed by atoms with Crippen molar-refractivity contribution in [2.75, 3.05) is 26.7 Å². The lowest BCUT2D eigenvalue weighted by molar-refractivity contribution is 0.0669. The van der Waals surface area contributed by atoms with Gasteiger partial charge in [0.05, 0.1) is 10.6 Å². The smallest absolute Gasteiger partial charge is 0.258 e. The molecule has 0 spiro atoms. The van der Waals surface area contributed by atoms with E-state index in [-0.39, 0.29) is 28.9 Å². The predicted molar refractivity (Wildman–Crippen MR) is 81.2 cm³/mol. The van der Waals surface area contributed by atoms with E-state index in [4.69, 9.17) is 11.6 Å². The fourth-order valence-electron chi connectivity index (χ4n) is 2.57. The van der Waals surface area contributed by atoms with Gasteiger partial charge in [0.1, 0.15) is 5.82 Å². The Balaban J connectivity index is 0.00000200. The molecule has 1 heterocycles. The van der Waals surface area contributed by atoms with Crippen LogP contribution in [0.1, 0.15) is 23.2 Å². The van der Waals surface area contributed by atoms with E-state index in [0.29, 0.717) is 19.0 Å². The topological polar surface area (TPSA) is 32.3 Å². The number of amides is 1. The molecule has 1 aromatic carbocycles. The first-order valence-corrected chi connectivity index (χ1v) is 6.89. The zero-order valence-electron chi connectivity index (χ0n) is 11.4. The van der Waals surface area contributed by atoms with E-state index >= 15 is 0 Å². The van der Waals surface area contributed by atoms with E-state index in [0.717, 1.165) is 19.4 Å². The SMILES string of the molecule is CNCC1CCCN(C(=O)c2c(F)cccc2Cl)C1.Cl. The quantitative estimate of drug-likeness (QED) is 0.928. The Kier molecular flexibility index (Phi) is 6.72. The standard InChI is InChI=1S/C14H18ClFN2O.ClH/c1-17-8-10-4-3-7-18(9-10)14(19)13-11(15)5-2-6-12(13)16;/h2,5-6,10,17H,3-4,7-9H2,1H3;1H. The Hall–Kier alpha value is -0.840. The van der Waals surface area contributed by atoms with Gasteiger partial charge in [-0.05, 0) is 44.5 Å². The molecule has 0 aliphatic carbocycles. The van der Waals surface area contributed by atoms with Crippen LogP contribution >= 0.6 is 24.0 Å². The number of piperidine rings is 1. The lowest BCUT2D eigenvalue weighted by Crippen LogP contribution is -2.42. The molecule has 3 nitrogen and oxygen atoms in total. The van der Waals surface area contributed by atoms with Crippen molar-refractivity contribution in [1.29, 1.82) is 0 Å². The van der Waals surface area contributed by atoms with Crippen molar-refractivity contribution in [2.45, 2.75) is 12.8 Å². The maximum absolute atomic E-state index is 13.8. The average molecular weight is 321 g/mol. The Morgan fingerprint density at radius 2 is 2.30 bits per heavy atom. The number of carbonyl (C=O) groups is 1. The number of rotatable bonds is 3. The third-order valence-corrected chi connectivity index (χ3v) is 3.79. The minimum atomic E-state index is -0.548. The van der Waals surface area contributed by atoms with Crippen LogP contribution in [0.4, 0.5) is 4.39 Å². The highest BCUT2D eigenvalue weighted by molar-refractivity contribution is 6.33. The largest absolute Gasteiger partial charge is 0.338 e. The molecule has 0 saturated carbocycles. The van der Waals surface area contributed by atoms with Gasteiger partial charge < -0.3 is 10.2 Å². The van der Waals surface area contributed by atoms with Crippen molar-refractivity contribution >= 4 is 29.9 Å². The summed E-state index contributed by atoms with van der Waals surface area (Å²) in [6, 6.07) is 4.33. The molecule has 1 aliphatic heterocycles. The molecular weight excluding hydrogens is 302 g/mol. The van der Waals surface area contributed by atoms with E-state index in [1.807, 2.05) is 7.05 Å². The highest BCUT2D eigenvalue weighted by Gasteiger charge is 2.27. The lowest BCUT2D eigenvalue weighted by Gasteiger charge is -2.33. The first-order valence-electron chi connectivity index (χ1n) is 6.51. The molecule has 1 aromatic rings. The third kappa shape index (κ3) is 3.84. The van der Waals surface area contributed by atoms with Crippen LogP contribution in [-0.4, -0.2) is 37.5 Å². The van der Waals surface area contributed by atoms with Crippen LogP contribution in [0.3, 0.4) is 0 Å². The zero-order valence-corrected chi connectivity index (χ0v) is 12.9. The van der Waals surface area contributed by atoms with Crippen molar-refractivity contribution in [3.8, 4) is 0 Å². The molecule has 1 aliphatic rings. The molecule has 0 bridgehead atoms. The van der Waals surface area contributed by atoms with Crippen LogP contribution in [-0.2, 0) is 0 Å². The molecule has 112 valence electrons. The van der Waals surface area contributed by atoms with Crippen LogP contribution in [0.2, 0.25) is 5.02 Å². The molecule has 1 unspecified atom stereocenters. The van der Waals surface area contributed by atoms with Crippen molar-refractivity contribution in [3.05, 3.63) is 34.6 Å². The summed E-state index contributed by atoms with van der Waals surface area (Å²) in [6.45, 7) is 2.20. The maximum atomic E-state index is 13.8. The molecule has 2 rings (SSSR count). The average Bonchev–Trinajstić information content (AvgIpc) is 2.39. The molecule has 0 radical (unpaired) electrons. The molecule has 6 heteroatoms. The molecule has 20 heavy (non-hydrogen) atoms. The lowest BCUT2D eigenvalue weighted by atomic mass is 9.97. The van der Waals surface area contributed by atoms with E-state index in [1.54, 1.807) is 11.0 Å². The van der Waals surface area contributed by atoms with Crippen molar-refractivity contribution in [2.24, 2.45) is 5.92 Å². The van der Waals surface area contributed by atoms with Gasteiger partial charge in [0.25, 0.3) is 5.91 Å². The van der Waals surface area contributed by atoms with E-state index < -0.39 is 5.82 Å². The molecular formula is C14H19Cl2FN2O. The Morgan fingerprint density at radius 3 is 2.95 bits per heavy atom. The fourth-order valence-corrected chi connectivity index (χ4v) is 2.81. The number of hydrogen-bond acceptors (Lipinski definition) is 2.